The molecule has 2 unspecified atom stereocenters. The fraction of sp³-hybridized carbons (Fsp3) is 0.692. The van der Waals surface area contributed by atoms with Crippen LogP contribution in [-0.4, -0.2) is 51.5 Å². The van der Waals surface area contributed by atoms with E-state index in [-0.39, 0.29) is 17.0 Å². The van der Waals surface area contributed by atoms with E-state index in [1.54, 1.807) is 6.92 Å². The van der Waals surface area contributed by atoms with Crippen LogP contribution in [0, 0.1) is 17.0 Å². The Morgan fingerprint density at radius 2 is 2.14 bits per heavy atom. The smallest absolute Gasteiger partial charge is 0.332 e. The van der Waals surface area contributed by atoms with Crippen molar-refractivity contribution in [2.24, 2.45) is 0 Å². The zero-order chi connectivity index (χ0) is 15.1. The van der Waals surface area contributed by atoms with Crippen LogP contribution < -0.4 is 4.90 Å². The second-order valence-corrected chi connectivity index (χ2v) is 6.14. The summed E-state index contributed by atoms with van der Waals surface area (Å²) in [7, 11) is 0. The van der Waals surface area contributed by atoms with Crippen LogP contribution in [0.25, 0.3) is 0 Å². The van der Waals surface area contributed by atoms with E-state index in [2.05, 4.69) is 21.8 Å². The summed E-state index contributed by atoms with van der Waals surface area (Å²) in [6, 6.07) is 0.623. The number of aryl methyl sites for hydroxylation is 1. The second kappa shape index (κ2) is 5.38. The van der Waals surface area contributed by atoms with Crippen molar-refractivity contribution in [1.29, 1.82) is 0 Å². The number of halogens is 1. The first-order chi connectivity index (χ1) is 9.97. The molecular weight excluding hydrogens is 294 g/mol. The molecule has 3 rings (SSSR count). The van der Waals surface area contributed by atoms with Gasteiger partial charge in [-0.2, -0.15) is 4.98 Å². The Hall–Kier alpha value is -1.47. The first-order valence-electron chi connectivity index (χ1n) is 7.16. The van der Waals surface area contributed by atoms with Gasteiger partial charge in [-0.3, -0.25) is 15.0 Å². The SMILES string of the molecule is Cc1nc(Cl)nc(N2CC3CCCN3CC2C)c1[N+](=O)[O-]. The van der Waals surface area contributed by atoms with E-state index in [9.17, 15) is 10.1 Å². The molecule has 1 aromatic rings. The molecule has 2 saturated heterocycles. The van der Waals surface area contributed by atoms with E-state index in [1.165, 1.54) is 6.42 Å². The standard InChI is InChI=1S/C13H18ClN5O2/c1-8-6-17-5-3-4-10(17)7-18(8)12-11(19(20)21)9(2)15-13(14)16-12/h8,10H,3-7H2,1-2H3. The maximum absolute atomic E-state index is 11.4. The van der Waals surface area contributed by atoms with Gasteiger partial charge in [0.25, 0.3) is 0 Å². The van der Waals surface area contributed by atoms with Crippen molar-refractivity contribution < 1.29 is 4.92 Å². The predicted molar refractivity (Wildman–Crippen MR) is 79.8 cm³/mol. The predicted octanol–water partition coefficient (Wildman–Crippen LogP) is 2.02. The average molecular weight is 312 g/mol. The molecule has 8 heteroatoms. The third-order valence-corrected chi connectivity index (χ3v) is 4.57. The lowest BCUT2D eigenvalue weighted by molar-refractivity contribution is -0.385. The van der Waals surface area contributed by atoms with Crippen molar-refractivity contribution in [2.45, 2.75) is 38.8 Å². The number of nitro groups is 1. The molecule has 0 bridgehead atoms. The summed E-state index contributed by atoms with van der Waals surface area (Å²) >= 11 is 5.92. The van der Waals surface area contributed by atoms with Gasteiger partial charge in [0.1, 0.15) is 5.69 Å². The van der Waals surface area contributed by atoms with E-state index >= 15 is 0 Å². The normalized spacial score (nSPS) is 26.0. The van der Waals surface area contributed by atoms with Crippen LogP contribution >= 0.6 is 11.6 Å². The summed E-state index contributed by atoms with van der Waals surface area (Å²) in [5, 5.41) is 11.4. The topological polar surface area (TPSA) is 75.4 Å². The van der Waals surface area contributed by atoms with Crippen LogP contribution in [0.1, 0.15) is 25.5 Å². The summed E-state index contributed by atoms with van der Waals surface area (Å²) in [5.74, 6) is 0.358. The molecule has 0 aromatic carbocycles. The van der Waals surface area contributed by atoms with Gasteiger partial charge in [0.15, 0.2) is 0 Å². The van der Waals surface area contributed by atoms with Crippen LogP contribution in [0.2, 0.25) is 5.28 Å². The first kappa shape index (κ1) is 14.5. The third-order valence-electron chi connectivity index (χ3n) is 4.40. The Morgan fingerprint density at radius 3 is 2.86 bits per heavy atom. The highest BCUT2D eigenvalue weighted by atomic mass is 35.5. The molecule has 0 aliphatic carbocycles. The lowest BCUT2D eigenvalue weighted by Gasteiger charge is -2.42. The van der Waals surface area contributed by atoms with Gasteiger partial charge in [-0.15, -0.1) is 0 Å². The van der Waals surface area contributed by atoms with Crippen LogP contribution in [0.5, 0.6) is 0 Å². The highest BCUT2D eigenvalue weighted by molar-refractivity contribution is 6.28. The number of anilines is 1. The molecule has 2 aliphatic rings. The summed E-state index contributed by atoms with van der Waals surface area (Å²) in [6.07, 6.45) is 2.33. The molecule has 0 spiro atoms. The highest BCUT2D eigenvalue weighted by Gasteiger charge is 2.38. The van der Waals surface area contributed by atoms with Crippen LogP contribution in [-0.2, 0) is 0 Å². The van der Waals surface area contributed by atoms with Crippen molar-refractivity contribution in [3.63, 3.8) is 0 Å². The van der Waals surface area contributed by atoms with E-state index in [0.29, 0.717) is 17.6 Å². The van der Waals surface area contributed by atoms with E-state index in [0.717, 1.165) is 26.1 Å². The minimum Gasteiger partial charge on any atom is -0.345 e. The number of rotatable bonds is 2. The molecule has 0 N–H and O–H groups in total. The van der Waals surface area contributed by atoms with Gasteiger partial charge in [0.05, 0.1) is 4.92 Å². The minimum atomic E-state index is -0.408. The van der Waals surface area contributed by atoms with E-state index < -0.39 is 4.92 Å². The Balaban J connectivity index is 2.01. The van der Waals surface area contributed by atoms with Gasteiger partial charge >= 0.3 is 5.69 Å². The molecule has 0 amide bonds. The molecule has 3 heterocycles. The minimum absolute atomic E-state index is 0.0299. The molecule has 1 aromatic heterocycles. The number of nitrogens with zero attached hydrogens (tertiary/aromatic N) is 5. The quantitative estimate of drug-likeness (QED) is 0.472. The number of piperazine rings is 1. The fourth-order valence-electron chi connectivity index (χ4n) is 3.41. The molecule has 2 fully saturated rings. The molecule has 2 atom stereocenters. The number of hydrogen-bond donors (Lipinski definition) is 0. The zero-order valence-electron chi connectivity index (χ0n) is 12.1. The Kier molecular flexibility index (Phi) is 3.71. The molecule has 21 heavy (non-hydrogen) atoms. The highest BCUT2D eigenvalue weighted by Crippen LogP contribution is 2.34. The van der Waals surface area contributed by atoms with Gasteiger partial charge in [-0.25, -0.2) is 4.98 Å². The van der Waals surface area contributed by atoms with Gasteiger partial charge in [-0.05, 0) is 44.8 Å². The molecular formula is C13H18ClN5O2. The number of aromatic nitrogens is 2. The van der Waals surface area contributed by atoms with Crippen molar-refractivity contribution in [3.8, 4) is 0 Å². The van der Waals surface area contributed by atoms with Crippen LogP contribution in [0.3, 0.4) is 0 Å². The molecule has 7 nitrogen and oxygen atoms in total. The molecule has 114 valence electrons. The Morgan fingerprint density at radius 1 is 1.38 bits per heavy atom. The van der Waals surface area contributed by atoms with Crippen molar-refractivity contribution in [3.05, 3.63) is 21.1 Å². The summed E-state index contributed by atoms with van der Waals surface area (Å²) in [5.41, 5.74) is 0.286. The Labute approximate surface area is 128 Å². The zero-order valence-corrected chi connectivity index (χ0v) is 12.9. The van der Waals surface area contributed by atoms with Gasteiger partial charge in [0, 0.05) is 25.2 Å². The fourth-order valence-corrected chi connectivity index (χ4v) is 3.62. The number of hydrogen-bond acceptors (Lipinski definition) is 6. The maximum Gasteiger partial charge on any atom is 0.332 e. The van der Waals surface area contributed by atoms with E-state index in [4.69, 9.17) is 11.6 Å². The monoisotopic (exact) mass is 311 g/mol. The largest absolute Gasteiger partial charge is 0.345 e. The Bertz CT molecular complexity index is 582. The average Bonchev–Trinajstić information content (AvgIpc) is 2.83. The van der Waals surface area contributed by atoms with Crippen molar-refractivity contribution in [2.75, 3.05) is 24.5 Å². The van der Waals surface area contributed by atoms with Gasteiger partial charge in [0.2, 0.25) is 11.1 Å². The molecule has 0 radical (unpaired) electrons. The summed E-state index contributed by atoms with van der Waals surface area (Å²) < 4.78 is 0. The summed E-state index contributed by atoms with van der Waals surface area (Å²) in [6.45, 7) is 6.46. The van der Waals surface area contributed by atoms with Gasteiger partial charge in [-0.1, -0.05) is 0 Å². The first-order valence-corrected chi connectivity index (χ1v) is 7.54. The molecule has 0 saturated carbocycles. The third kappa shape index (κ3) is 2.55. The van der Waals surface area contributed by atoms with Crippen LogP contribution in [0.15, 0.2) is 0 Å². The maximum atomic E-state index is 11.4. The molecule has 2 aliphatic heterocycles. The summed E-state index contributed by atoms with van der Waals surface area (Å²) in [4.78, 5) is 23.5. The van der Waals surface area contributed by atoms with Crippen molar-refractivity contribution in [1.82, 2.24) is 14.9 Å². The lowest BCUT2D eigenvalue weighted by Crippen LogP contribution is -2.55. The lowest BCUT2D eigenvalue weighted by atomic mass is 10.1. The second-order valence-electron chi connectivity index (χ2n) is 5.80. The van der Waals surface area contributed by atoms with Crippen molar-refractivity contribution >= 4 is 23.1 Å². The van der Waals surface area contributed by atoms with E-state index in [1.807, 2.05) is 4.90 Å². The van der Waals surface area contributed by atoms with Crippen LogP contribution in [0.4, 0.5) is 11.5 Å². The number of fused-ring (bicyclic) bond motifs is 1. The van der Waals surface area contributed by atoms with Gasteiger partial charge < -0.3 is 4.90 Å².